The summed E-state index contributed by atoms with van der Waals surface area (Å²) in [6.07, 6.45) is 15.6. The summed E-state index contributed by atoms with van der Waals surface area (Å²) in [5.41, 5.74) is 0.282. The van der Waals surface area contributed by atoms with Crippen LogP contribution in [0, 0.1) is 0 Å². The largest absolute Gasteiger partial charge is 0.493 e. The minimum absolute atomic E-state index is 0.197. The van der Waals surface area contributed by atoms with Gasteiger partial charge in [0.05, 0.1) is 19.8 Å². The molecule has 0 bridgehead atoms. The Hall–Kier alpha value is -6.90. The third-order valence-corrected chi connectivity index (χ3v) is 12.1. The molecule has 0 amide bonds. The van der Waals surface area contributed by atoms with Gasteiger partial charge in [0.25, 0.3) is 0 Å². The number of fused-ring (bicyclic) bond motifs is 3. The molecule has 0 saturated heterocycles. The fourth-order valence-corrected chi connectivity index (χ4v) is 8.07. The Morgan fingerprint density at radius 3 is 1.00 bits per heavy atom. The number of hydrogen-bond acceptors (Lipinski definition) is 15. The fourth-order valence-electron chi connectivity index (χ4n) is 8.07. The average molecular weight is 993 g/mol. The molecule has 0 aliphatic rings. The number of carbonyl (C=O) groups is 3. The molecule has 0 radical (unpaired) electrons. The lowest BCUT2D eigenvalue weighted by molar-refractivity contribution is -0.167. The van der Waals surface area contributed by atoms with E-state index in [2.05, 4.69) is 0 Å². The van der Waals surface area contributed by atoms with Crippen molar-refractivity contribution in [1.82, 2.24) is 0 Å². The molecule has 0 saturated carbocycles. The van der Waals surface area contributed by atoms with Crippen molar-refractivity contribution in [3.8, 4) is 17.2 Å². The van der Waals surface area contributed by atoms with Crippen molar-refractivity contribution in [2.24, 2.45) is 0 Å². The molecule has 72 heavy (non-hydrogen) atoms. The van der Waals surface area contributed by atoms with Crippen molar-refractivity contribution in [3.05, 3.63) is 122 Å². The second-order valence-electron chi connectivity index (χ2n) is 18.0. The van der Waals surface area contributed by atoms with Crippen molar-refractivity contribution < 1.29 is 56.1 Å². The van der Waals surface area contributed by atoms with Crippen LogP contribution in [0.25, 0.3) is 32.9 Å². The van der Waals surface area contributed by atoms with Gasteiger partial charge in [0.15, 0.2) is 6.10 Å². The quantitative estimate of drug-likeness (QED) is 0.0158. The van der Waals surface area contributed by atoms with Gasteiger partial charge in [-0.05, 0) is 93.1 Å². The van der Waals surface area contributed by atoms with Crippen LogP contribution < -0.4 is 31.1 Å². The number of carbonyl (C=O) groups excluding carboxylic acids is 3. The summed E-state index contributed by atoms with van der Waals surface area (Å²) in [5, 5.41) is 2.50. The molecule has 0 aliphatic heterocycles. The maximum atomic E-state index is 12.9. The number of esters is 3. The van der Waals surface area contributed by atoms with Crippen LogP contribution in [0.5, 0.6) is 17.2 Å². The smallest absolute Gasteiger partial charge is 0.336 e. The second-order valence-corrected chi connectivity index (χ2v) is 18.0. The highest BCUT2D eigenvalue weighted by atomic mass is 16.6. The van der Waals surface area contributed by atoms with E-state index < -0.39 is 40.9 Å². The van der Waals surface area contributed by atoms with Gasteiger partial charge >= 0.3 is 34.8 Å². The zero-order valence-corrected chi connectivity index (χ0v) is 41.2. The van der Waals surface area contributed by atoms with E-state index >= 15 is 0 Å². The van der Waals surface area contributed by atoms with Crippen LogP contribution in [-0.2, 0) is 28.6 Å². The Balaban J connectivity index is 0.813. The van der Waals surface area contributed by atoms with Gasteiger partial charge < -0.3 is 41.7 Å². The van der Waals surface area contributed by atoms with Gasteiger partial charge in [-0.1, -0.05) is 77.0 Å². The molecule has 0 spiro atoms. The minimum Gasteiger partial charge on any atom is -0.493 e. The standard InChI is InChI=1S/C57H68O15/c58-52(19-13-7-1-4-10-16-34-64-45-28-22-42-25-31-55(61)70-49(42)37-45)67-40-48(69-54(60)21-15-9-3-6-12-18-36-66-47-30-24-44-27-33-57(63)72-51(44)39-47)41-68-53(59)20-14-8-2-5-11-17-35-65-46-29-23-43-26-32-56(62)71-50(43)38-46/h22-33,37-39,48H,1-21,34-36,40-41H2. The predicted molar refractivity (Wildman–Crippen MR) is 273 cm³/mol. The van der Waals surface area contributed by atoms with Gasteiger partial charge in [-0.25, -0.2) is 14.4 Å². The normalized spacial score (nSPS) is 11.3. The SMILES string of the molecule is O=C(CCCCCCCCOc1ccc2ccc(=O)oc2c1)OCC(COC(=O)CCCCCCCCOc1ccc2ccc(=O)oc2c1)OC(=O)CCCCCCCCOc1ccc2ccc(=O)oc2c1. The maximum absolute atomic E-state index is 12.9. The third-order valence-electron chi connectivity index (χ3n) is 12.1. The predicted octanol–water partition coefficient (Wildman–Crippen LogP) is 11.7. The van der Waals surface area contributed by atoms with E-state index in [9.17, 15) is 28.8 Å². The van der Waals surface area contributed by atoms with E-state index in [1.54, 1.807) is 36.4 Å². The molecule has 3 heterocycles. The van der Waals surface area contributed by atoms with E-state index in [1.807, 2.05) is 36.4 Å². The molecule has 0 unspecified atom stereocenters. The Kier molecular flexibility index (Phi) is 23.2. The van der Waals surface area contributed by atoms with Crippen LogP contribution in [0.3, 0.4) is 0 Å². The highest BCUT2D eigenvalue weighted by Gasteiger charge is 2.20. The monoisotopic (exact) mass is 992 g/mol. The highest BCUT2D eigenvalue weighted by Crippen LogP contribution is 2.23. The van der Waals surface area contributed by atoms with Gasteiger partial charge in [-0.3, -0.25) is 14.4 Å². The van der Waals surface area contributed by atoms with Crippen molar-refractivity contribution in [1.29, 1.82) is 0 Å². The summed E-state index contributed by atoms with van der Waals surface area (Å²) in [5.74, 6) is 0.738. The van der Waals surface area contributed by atoms with Gasteiger partial charge in [0, 0.05) is 71.8 Å². The minimum atomic E-state index is -0.908. The number of unbranched alkanes of at least 4 members (excludes halogenated alkanes) is 15. The first kappa shape index (κ1) is 54.4. The third kappa shape index (κ3) is 20.4. The van der Waals surface area contributed by atoms with Gasteiger partial charge in [0.1, 0.15) is 47.2 Å². The lowest BCUT2D eigenvalue weighted by Gasteiger charge is -2.18. The zero-order valence-electron chi connectivity index (χ0n) is 41.2. The summed E-state index contributed by atoms with van der Waals surface area (Å²) in [4.78, 5) is 72.9. The van der Waals surface area contributed by atoms with Crippen LogP contribution in [0.2, 0.25) is 0 Å². The molecule has 386 valence electrons. The fraction of sp³-hybridized carbons (Fsp3) is 0.474. The van der Waals surface area contributed by atoms with Crippen LogP contribution in [0.15, 0.2) is 119 Å². The first-order valence-corrected chi connectivity index (χ1v) is 25.7. The first-order valence-electron chi connectivity index (χ1n) is 25.7. The molecular formula is C57H68O15. The molecule has 0 aliphatic carbocycles. The lowest BCUT2D eigenvalue weighted by Crippen LogP contribution is -2.30. The van der Waals surface area contributed by atoms with Crippen molar-refractivity contribution in [2.75, 3.05) is 33.0 Å². The van der Waals surface area contributed by atoms with E-state index in [0.717, 1.165) is 112 Å². The summed E-state index contributed by atoms with van der Waals surface area (Å²) in [6.45, 7) is 1.24. The van der Waals surface area contributed by atoms with Gasteiger partial charge in [-0.2, -0.15) is 0 Å². The van der Waals surface area contributed by atoms with Crippen molar-refractivity contribution in [2.45, 2.75) is 141 Å². The zero-order chi connectivity index (χ0) is 50.6. The molecule has 15 heteroatoms. The van der Waals surface area contributed by atoms with Crippen molar-refractivity contribution >= 4 is 50.8 Å². The molecule has 6 rings (SSSR count). The van der Waals surface area contributed by atoms with E-state index in [0.29, 0.717) is 73.1 Å². The lowest BCUT2D eigenvalue weighted by atomic mass is 10.1. The van der Waals surface area contributed by atoms with Crippen molar-refractivity contribution in [3.63, 3.8) is 0 Å². The molecule has 0 fully saturated rings. The Bertz CT molecular complexity index is 2660. The molecule has 3 aromatic heterocycles. The summed E-state index contributed by atoms with van der Waals surface area (Å²) in [7, 11) is 0. The summed E-state index contributed by atoms with van der Waals surface area (Å²) >= 11 is 0. The average Bonchev–Trinajstić information content (AvgIpc) is 3.37. The molecule has 6 aromatic rings. The molecular weight excluding hydrogens is 925 g/mol. The van der Waals surface area contributed by atoms with Gasteiger partial charge in [-0.15, -0.1) is 0 Å². The summed E-state index contributed by atoms with van der Waals surface area (Å²) in [6, 6.07) is 25.7. The Labute approximate surface area is 419 Å². The number of rotatable bonds is 35. The Morgan fingerprint density at radius 1 is 0.361 bits per heavy atom. The number of benzene rings is 3. The highest BCUT2D eigenvalue weighted by molar-refractivity contribution is 5.79. The summed E-state index contributed by atoms with van der Waals surface area (Å²) < 4.78 is 49.9. The molecule has 0 N–H and O–H groups in total. The number of hydrogen-bond donors (Lipinski definition) is 0. The Morgan fingerprint density at radius 2 is 0.653 bits per heavy atom. The van der Waals surface area contributed by atoms with E-state index in [-0.39, 0.29) is 32.5 Å². The first-order chi connectivity index (χ1) is 35.2. The molecule has 0 atom stereocenters. The molecule has 3 aromatic carbocycles. The topological polar surface area (TPSA) is 197 Å². The van der Waals surface area contributed by atoms with Crippen LogP contribution >= 0.6 is 0 Å². The number of ether oxygens (including phenoxy) is 6. The van der Waals surface area contributed by atoms with E-state index in [1.165, 1.54) is 18.2 Å². The van der Waals surface area contributed by atoms with Crippen LogP contribution in [0.1, 0.15) is 135 Å². The van der Waals surface area contributed by atoms with E-state index in [4.69, 9.17) is 41.7 Å². The molecule has 15 nitrogen and oxygen atoms in total. The van der Waals surface area contributed by atoms with Crippen LogP contribution in [-0.4, -0.2) is 57.0 Å². The maximum Gasteiger partial charge on any atom is 0.336 e. The van der Waals surface area contributed by atoms with Crippen LogP contribution in [0.4, 0.5) is 0 Å². The van der Waals surface area contributed by atoms with Gasteiger partial charge in [0.2, 0.25) is 0 Å². The second kappa shape index (κ2) is 30.8.